The van der Waals surface area contributed by atoms with E-state index in [4.69, 9.17) is 0 Å². The van der Waals surface area contributed by atoms with E-state index >= 15 is 0 Å². The molecule has 1 rings (SSSR count). The Morgan fingerprint density at radius 2 is 2.56 bits per heavy atom. The number of hydrogen-bond donors (Lipinski definition) is 0. The molecule has 0 aromatic rings. The highest BCUT2D eigenvalue weighted by Crippen LogP contribution is 2.16. The van der Waals surface area contributed by atoms with Gasteiger partial charge in [0.1, 0.15) is 6.04 Å². The van der Waals surface area contributed by atoms with E-state index < -0.39 is 0 Å². The van der Waals surface area contributed by atoms with Gasteiger partial charge in [-0.25, -0.2) is 0 Å². The van der Waals surface area contributed by atoms with Gasteiger partial charge in [0.2, 0.25) is 0 Å². The first-order chi connectivity index (χ1) is 4.33. The lowest BCUT2D eigenvalue weighted by atomic mass is 10.0. The minimum absolute atomic E-state index is 0.101. The Bertz CT molecular complexity index is 160. The standard InChI is InChI=1S/C7H9NO/c1-6-2-4-7(8-9)5-3-6/h2,4,7H,1,3,5H2. The first-order valence-corrected chi connectivity index (χ1v) is 3.01. The molecule has 0 amide bonds. The van der Waals surface area contributed by atoms with Crippen molar-refractivity contribution in [1.82, 2.24) is 0 Å². The molecule has 0 radical (unpaired) electrons. The molecular formula is C7H9NO. The van der Waals surface area contributed by atoms with Crippen LogP contribution in [0.25, 0.3) is 0 Å². The maximum Gasteiger partial charge on any atom is 0.111 e. The largest absolute Gasteiger partial charge is 0.150 e. The van der Waals surface area contributed by atoms with E-state index in [0.29, 0.717) is 0 Å². The first-order valence-electron chi connectivity index (χ1n) is 3.01. The third-order valence-electron chi connectivity index (χ3n) is 1.45. The summed E-state index contributed by atoms with van der Waals surface area (Å²) in [5, 5.41) is 2.90. The van der Waals surface area contributed by atoms with Crippen molar-refractivity contribution in [1.29, 1.82) is 0 Å². The van der Waals surface area contributed by atoms with Crippen LogP contribution in [0.5, 0.6) is 0 Å². The van der Waals surface area contributed by atoms with Crippen molar-refractivity contribution in [2.24, 2.45) is 5.18 Å². The molecule has 0 saturated carbocycles. The summed E-state index contributed by atoms with van der Waals surface area (Å²) in [6, 6.07) is -0.101. The average Bonchev–Trinajstić information content (AvgIpc) is 1.90. The molecule has 0 saturated heterocycles. The minimum Gasteiger partial charge on any atom is -0.150 e. The van der Waals surface area contributed by atoms with Crippen molar-refractivity contribution in [3.8, 4) is 0 Å². The summed E-state index contributed by atoms with van der Waals surface area (Å²) < 4.78 is 0. The molecule has 2 nitrogen and oxygen atoms in total. The van der Waals surface area contributed by atoms with Crippen LogP contribution in [0.1, 0.15) is 12.8 Å². The zero-order valence-corrected chi connectivity index (χ0v) is 5.21. The summed E-state index contributed by atoms with van der Waals surface area (Å²) in [7, 11) is 0. The topological polar surface area (TPSA) is 29.4 Å². The second-order valence-corrected chi connectivity index (χ2v) is 2.23. The molecule has 1 atom stereocenters. The van der Waals surface area contributed by atoms with Gasteiger partial charge in [-0.05, 0) is 12.8 Å². The van der Waals surface area contributed by atoms with Crippen LogP contribution in [0.15, 0.2) is 29.5 Å². The number of hydrogen-bond acceptors (Lipinski definition) is 2. The summed E-state index contributed by atoms with van der Waals surface area (Å²) in [6.45, 7) is 3.75. The molecule has 1 unspecified atom stereocenters. The Kier molecular flexibility index (Phi) is 1.78. The van der Waals surface area contributed by atoms with Crippen LogP contribution in [0.3, 0.4) is 0 Å². The quantitative estimate of drug-likeness (QED) is 0.490. The molecule has 0 spiro atoms. The molecule has 0 aliphatic heterocycles. The molecule has 48 valence electrons. The fourth-order valence-corrected chi connectivity index (χ4v) is 0.848. The van der Waals surface area contributed by atoms with Gasteiger partial charge in [-0.1, -0.05) is 29.5 Å². The van der Waals surface area contributed by atoms with Gasteiger partial charge in [-0.15, -0.1) is 0 Å². The van der Waals surface area contributed by atoms with Crippen LogP contribution in [0, 0.1) is 4.91 Å². The summed E-state index contributed by atoms with van der Waals surface area (Å²) in [4.78, 5) is 9.94. The lowest BCUT2D eigenvalue weighted by molar-refractivity contribution is 0.701. The van der Waals surface area contributed by atoms with Crippen LogP contribution < -0.4 is 0 Å². The van der Waals surface area contributed by atoms with Crippen LogP contribution in [0.2, 0.25) is 0 Å². The van der Waals surface area contributed by atoms with Crippen LogP contribution >= 0.6 is 0 Å². The molecule has 9 heavy (non-hydrogen) atoms. The summed E-state index contributed by atoms with van der Waals surface area (Å²) in [6.07, 6.45) is 5.42. The predicted molar refractivity (Wildman–Crippen MR) is 37.1 cm³/mol. The minimum atomic E-state index is -0.101. The Labute approximate surface area is 54.2 Å². The second-order valence-electron chi connectivity index (χ2n) is 2.23. The third-order valence-corrected chi connectivity index (χ3v) is 1.45. The van der Waals surface area contributed by atoms with Gasteiger partial charge >= 0.3 is 0 Å². The van der Waals surface area contributed by atoms with Crippen molar-refractivity contribution in [2.75, 3.05) is 0 Å². The van der Waals surface area contributed by atoms with Gasteiger partial charge in [-0.3, -0.25) is 0 Å². The Balaban J connectivity index is 2.57. The second kappa shape index (κ2) is 2.58. The van der Waals surface area contributed by atoms with Crippen LogP contribution in [-0.4, -0.2) is 6.04 Å². The molecule has 0 bridgehead atoms. The molecule has 0 heterocycles. The molecule has 0 N–H and O–H groups in total. The van der Waals surface area contributed by atoms with E-state index in [9.17, 15) is 4.91 Å². The molecule has 1 aliphatic rings. The lowest BCUT2D eigenvalue weighted by Crippen LogP contribution is -2.03. The molecule has 0 fully saturated rings. The zero-order valence-electron chi connectivity index (χ0n) is 5.21. The fraction of sp³-hybridized carbons (Fsp3) is 0.429. The third kappa shape index (κ3) is 1.49. The molecule has 0 aromatic heterocycles. The Morgan fingerprint density at radius 1 is 1.78 bits per heavy atom. The highest BCUT2D eigenvalue weighted by Gasteiger charge is 2.08. The highest BCUT2D eigenvalue weighted by atomic mass is 16.3. The van der Waals surface area contributed by atoms with Gasteiger partial charge in [0.05, 0.1) is 0 Å². The van der Waals surface area contributed by atoms with Gasteiger partial charge in [0.25, 0.3) is 0 Å². The molecule has 1 aliphatic carbocycles. The monoisotopic (exact) mass is 123 g/mol. The fourth-order valence-electron chi connectivity index (χ4n) is 0.848. The Hall–Kier alpha value is -0.920. The van der Waals surface area contributed by atoms with E-state index in [1.165, 1.54) is 0 Å². The summed E-state index contributed by atoms with van der Waals surface area (Å²) in [5.41, 5.74) is 1.09. The molecule has 2 heteroatoms. The number of rotatable bonds is 1. The SMILES string of the molecule is C=C1C=CC(N=O)CC1. The average molecular weight is 123 g/mol. The van der Waals surface area contributed by atoms with Crippen molar-refractivity contribution < 1.29 is 0 Å². The van der Waals surface area contributed by atoms with Crippen molar-refractivity contribution in [2.45, 2.75) is 18.9 Å². The van der Waals surface area contributed by atoms with E-state index in [-0.39, 0.29) is 6.04 Å². The summed E-state index contributed by atoms with van der Waals surface area (Å²) in [5.74, 6) is 0. The van der Waals surface area contributed by atoms with E-state index in [0.717, 1.165) is 18.4 Å². The van der Waals surface area contributed by atoms with Crippen molar-refractivity contribution in [3.63, 3.8) is 0 Å². The van der Waals surface area contributed by atoms with Gasteiger partial charge in [-0.2, -0.15) is 4.91 Å². The maximum atomic E-state index is 9.94. The number of allylic oxidation sites excluding steroid dienone is 2. The molecule has 0 aromatic carbocycles. The smallest absolute Gasteiger partial charge is 0.111 e. The lowest BCUT2D eigenvalue weighted by Gasteiger charge is -2.08. The van der Waals surface area contributed by atoms with Crippen LogP contribution in [0.4, 0.5) is 0 Å². The highest BCUT2D eigenvalue weighted by molar-refractivity contribution is 5.20. The zero-order chi connectivity index (χ0) is 6.69. The van der Waals surface area contributed by atoms with Crippen molar-refractivity contribution in [3.05, 3.63) is 29.2 Å². The number of nitroso groups, excluding NO2 is 1. The van der Waals surface area contributed by atoms with Crippen LogP contribution in [-0.2, 0) is 0 Å². The molecular weight excluding hydrogens is 114 g/mol. The van der Waals surface area contributed by atoms with Gasteiger partial charge < -0.3 is 0 Å². The Morgan fingerprint density at radius 3 is 3.00 bits per heavy atom. The number of nitrogens with zero attached hydrogens (tertiary/aromatic N) is 1. The first kappa shape index (κ1) is 6.20. The van der Waals surface area contributed by atoms with E-state index in [1.54, 1.807) is 6.08 Å². The normalized spacial score (nSPS) is 26.2. The summed E-state index contributed by atoms with van der Waals surface area (Å²) >= 11 is 0. The van der Waals surface area contributed by atoms with Gasteiger partial charge in [0, 0.05) is 0 Å². The van der Waals surface area contributed by atoms with E-state index in [2.05, 4.69) is 11.8 Å². The maximum absolute atomic E-state index is 9.94. The van der Waals surface area contributed by atoms with E-state index in [1.807, 2.05) is 6.08 Å². The van der Waals surface area contributed by atoms with Crippen molar-refractivity contribution >= 4 is 0 Å². The van der Waals surface area contributed by atoms with Gasteiger partial charge in [0.15, 0.2) is 0 Å². The predicted octanol–water partition coefficient (Wildman–Crippen LogP) is 2.03.